The first-order chi connectivity index (χ1) is 31.6. The quantitative estimate of drug-likeness (QED) is 0.198. The predicted octanol–water partition coefficient (Wildman–Crippen LogP) is 6.10. The summed E-state index contributed by atoms with van der Waals surface area (Å²) in [6, 6.07) is 13.7. The molecule has 19 heteroatoms. The Bertz CT molecular complexity index is 3390. The van der Waals surface area contributed by atoms with Gasteiger partial charge in [-0.2, -0.15) is 5.10 Å². The first kappa shape index (κ1) is 42.1. The highest BCUT2D eigenvalue weighted by Gasteiger charge is 2.59. The average molecular weight is 920 g/mol. The monoisotopic (exact) mass is 919 g/mol. The maximum atomic E-state index is 16.4. The summed E-state index contributed by atoms with van der Waals surface area (Å²) in [5.74, 6) is -1.44. The van der Waals surface area contributed by atoms with Crippen LogP contribution in [-0.2, 0) is 33.1 Å². The van der Waals surface area contributed by atoms with Gasteiger partial charge in [-0.25, -0.2) is 31.5 Å². The molecule has 3 aromatic carbocycles. The molecule has 4 aliphatic rings. The zero-order valence-corrected chi connectivity index (χ0v) is 37.8. The Labute approximate surface area is 377 Å². The minimum Gasteiger partial charge on any atom is -0.381 e. The van der Waals surface area contributed by atoms with Gasteiger partial charge < -0.3 is 14.2 Å². The average Bonchev–Trinajstić information content (AvgIpc) is 3.79. The van der Waals surface area contributed by atoms with E-state index in [4.69, 9.17) is 14.4 Å². The molecule has 7 aromatic rings. The largest absolute Gasteiger partial charge is 0.438 e. The first-order valence-corrected chi connectivity index (χ1v) is 23.8. The predicted molar refractivity (Wildman–Crippen MR) is 240 cm³/mol. The van der Waals surface area contributed by atoms with Crippen molar-refractivity contribution >= 4 is 32.5 Å². The van der Waals surface area contributed by atoms with Gasteiger partial charge in [-0.15, -0.1) is 0 Å². The van der Waals surface area contributed by atoms with Crippen molar-refractivity contribution in [2.24, 2.45) is 5.92 Å². The second-order valence-electron chi connectivity index (χ2n) is 18.2. The number of ether oxygens (including phenoxy) is 1. The molecule has 1 aliphatic carbocycles. The summed E-state index contributed by atoms with van der Waals surface area (Å²) in [6.45, 7) is 8.84. The Morgan fingerprint density at radius 1 is 0.924 bits per heavy atom. The molecule has 1 saturated carbocycles. The summed E-state index contributed by atoms with van der Waals surface area (Å²) in [5.41, 5.74) is 3.58. The Morgan fingerprint density at radius 3 is 2.33 bits per heavy atom. The van der Waals surface area contributed by atoms with Crippen LogP contribution in [0.5, 0.6) is 0 Å². The number of rotatable bonds is 7. The number of hydrogen-bond donors (Lipinski definition) is 1. The number of aromatic amines is 1. The van der Waals surface area contributed by atoms with Gasteiger partial charge in [-0.05, 0) is 117 Å². The second kappa shape index (κ2) is 15.0. The third kappa shape index (κ3) is 6.22. The van der Waals surface area contributed by atoms with Gasteiger partial charge in [0, 0.05) is 67.7 Å². The zero-order valence-electron chi connectivity index (χ0n) is 37.0. The number of nitrogens with one attached hydrogen (secondary N) is 1. The van der Waals surface area contributed by atoms with E-state index in [0.29, 0.717) is 77.4 Å². The van der Waals surface area contributed by atoms with Crippen LogP contribution in [0.3, 0.4) is 0 Å². The SMILES string of the molecule is Cc1cc(-n2nc3c(c2-n2ccn(-c4ccc5c(c4F)CCS(=O)(=O)N5C)c2=O)[C@H](C)N(C(=O)c2cc4cc(C5CCOCC5)ccc4n2[C@@]2(c4noc(=O)[nH]4)C[C@@H]2C)CC3)cc(C)c1F. The molecule has 16 nitrogen and oxygen atoms in total. The lowest BCUT2D eigenvalue weighted by molar-refractivity contribution is 0.0663. The number of sulfonamides is 1. The minimum atomic E-state index is -3.61. The van der Waals surface area contributed by atoms with Gasteiger partial charge in [0.15, 0.2) is 11.6 Å². The topological polar surface area (TPSA) is 175 Å². The zero-order chi connectivity index (χ0) is 46.1. The van der Waals surface area contributed by atoms with E-state index >= 15 is 13.6 Å². The molecule has 0 unspecified atom stereocenters. The van der Waals surface area contributed by atoms with Crippen LogP contribution in [0.4, 0.5) is 14.5 Å². The van der Waals surface area contributed by atoms with E-state index < -0.39 is 38.9 Å². The smallest absolute Gasteiger partial charge is 0.381 e. The maximum Gasteiger partial charge on any atom is 0.438 e. The third-order valence-corrected chi connectivity index (χ3v) is 16.2. The number of H-pyrrole nitrogens is 1. The summed E-state index contributed by atoms with van der Waals surface area (Å²) >= 11 is 0. The van der Waals surface area contributed by atoms with Gasteiger partial charge >= 0.3 is 11.4 Å². The lowest BCUT2D eigenvalue weighted by atomic mass is 9.91. The van der Waals surface area contributed by atoms with Crippen molar-refractivity contribution in [3.8, 4) is 17.2 Å². The van der Waals surface area contributed by atoms with Crippen molar-refractivity contribution in [1.29, 1.82) is 0 Å². The fourth-order valence-corrected chi connectivity index (χ4v) is 12.0. The summed E-state index contributed by atoms with van der Waals surface area (Å²) in [5, 5.41) is 10.1. The van der Waals surface area contributed by atoms with Gasteiger partial charge in [0.05, 0.1) is 34.6 Å². The Hall–Kier alpha value is -6.60. The van der Waals surface area contributed by atoms with Crippen LogP contribution in [0, 0.1) is 31.4 Å². The number of imidazole rings is 1. The first-order valence-electron chi connectivity index (χ1n) is 22.2. The number of carbonyl (C=O) groups excluding carboxylic acids is 1. The highest BCUT2D eigenvalue weighted by Crippen LogP contribution is 2.56. The van der Waals surface area contributed by atoms with Gasteiger partial charge in [-0.3, -0.25) is 27.7 Å². The van der Waals surface area contributed by atoms with Crippen molar-refractivity contribution < 1.29 is 31.3 Å². The molecule has 1 N–H and O–H groups in total. The molecule has 3 aliphatic heterocycles. The number of aromatic nitrogens is 7. The van der Waals surface area contributed by atoms with Crippen LogP contribution in [0.15, 0.2) is 75.0 Å². The van der Waals surface area contributed by atoms with Crippen molar-refractivity contribution in [1.82, 2.24) is 38.5 Å². The van der Waals surface area contributed by atoms with Gasteiger partial charge in [-0.1, -0.05) is 18.1 Å². The highest BCUT2D eigenvalue weighted by molar-refractivity contribution is 7.92. The second-order valence-corrected chi connectivity index (χ2v) is 20.3. The molecule has 1 saturated heterocycles. The maximum absolute atomic E-state index is 16.4. The molecule has 3 atom stereocenters. The molecule has 7 heterocycles. The third-order valence-electron chi connectivity index (χ3n) is 14.5. The van der Waals surface area contributed by atoms with E-state index in [0.717, 1.165) is 38.2 Å². The number of carbonyl (C=O) groups is 1. The molecule has 0 spiro atoms. The molecule has 0 radical (unpaired) electrons. The summed E-state index contributed by atoms with van der Waals surface area (Å²) < 4.78 is 74.6. The molecule has 1 amide bonds. The van der Waals surface area contributed by atoms with E-state index in [1.54, 1.807) is 35.6 Å². The van der Waals surface area contributed by atoms with Gasteiger partial charge in [0.1, 0.15) is 22.9 Å². The molecule has 0 bridgehead atoms. The van der Waals surface area contributed by atoms with Crippen LogP contribution in [0.2, 0.25) is 0 Å². The fourth-order valence-electron chi connectivity index (χ4n) is 10.8. The Balaban J connectivity index is 1.05. The number of aryl methyl sites for hydroxylation is 2. The van der Waals surface area contributed by atoms with E-state index in [1.807, 2.05) is 30.5 Å². The summed E-state index contributed by atoms with van der Waals surface area (Å²) in [7, 11) is -2.24. The number of anilines is 1. The van der Waals surface area contributed by atoms with Crippen molar-refractivity contribution in [2.75, 3.05) is 36.9 Å². The van der Waals surface area contributed by atoms with Crippen LogP contribution in [0.25, 0.3) is 28.1 Å². The number of fused-ring (bicyclic) bond motifs is 3. The fraction of sp³-hybridized carbons (Fsp3) is 0.383. The normalized spacial score (nSPS) is 21.6. The molecule has 2 fully saturated rings. The number of benzene rings is 3. The summed E-state index contributed by atoms with van der Waals surface area (Å²) in [6.07, 6.45) is 5.56. The Morgan fingerprint density at radius 2 is 1.64 bits per heavy atom. The number of halogens is 2. The lowest BCUT2D eigenvalue weighted by Crippen LogP contribution is -2.41. The molecule has 342 valence electrons. The highest BCUT2D eigenvalue weighted by atomic mass is 32.2. The van der Waals surface area contributed by atoms with E-state index in [-0.39, 0.29) is 53.3 Å². The van der Waals surface area contributed by atoms with Gasteiger partial charge in [0.2, 0.25) is 10.0 Å². The minimum absolute atomic E-state index is 0.0155. The van der Waals surface area contributed by atoms with E-state index in [1.165, 1.54) is 36.1 Å². The molecular weight excluding hydrogens is 873 g/mol. The molecule has 4 aromatic heterocycles. The molecule has 11 rings (SSSR count). The van der Waals surface area contributed by atoms with Crippen LogP contribution >= 0.6 is 0 Å². The Kier molecular flexibility index (Phi) is 9.54. The summed E-state index contributed by atoms with van der Waals surface area (Å²) in [4.78, 5) is 47.2. The standard InChI is InChI=1S/C47H47F2N9O7S/c1-25-20-32(21-26(2)40(25)48)58-42(56-16-15-55(46(56)61)37-9-8-36-33(41(37)49)13-19-66(62,63)53(36)5)39-28(4)54(14-10-34(39)51-58)43(59)38-23-31-22-30(29-11-17-64-18-12-29)6-7-35(31)57(38)47(24-27(47)3)44-50-45(60)65-52-44/h6-9,15-16,20-23,27-29H,10-14,17-19,24H2,1-5H3,(H,50,52,60)/t27-,28-,47-/m0/s1. The van der Waals surface area contributed by atoms with Gasteiger partial charge in [0.25, 0.3) is 5.91 Å². The van der Waals surface area contributed by atoms with Crippen molar-refractivity contribution in [3.63, 3.8) is 0 Å². The van der Waals surface area contributed by atoms with Crippen molar-refractivity contribution in [3.05, 3.63) is 139 Å². The molecular formula is C47H47F2N9O7S. The number of nitrogens with zero attached hydrogens (tertiary/aromatic N) is 8. The van der Waals surface area contributed by atoms with Crippen LogP contribution in [-0.4, -0.2) is 85.4 Å². The number of hydrogen-bond acceptors (Lipinski definition) is 9. The van der Waals surface area contributed by atoms with E-state index in [9.17, 15) is 18.0 Å². The van der Waals surface area contributed by atoms with Crippen LogP contribution in [0.1, 0.15) is 94.9 Å². The van der Waals surface area contributed by atoms with Crippen molar-refractivity contribution in [2.45, 2.75) is 77.3 Å². The molecule has 66 heavy (non-hydrogen) atoms. The lowest BCUT2D eigenvalue weighted by Gasteiger charge is -2.34. The van der Waals surface area contributed by atoms with E-state index in [2.05, 4.69) is 22.3 Å². The number of amides is 1. The van der Waals surface area contributed by atoms with Crippen LogP contribution < -0.4 is 15.8 Å².